The molecule has 86 valence electrons. The van der Waals surface area contributed by atoms with Crippen molar-refractivity contribution in [2.45, 2.75) is 26.8 Å². The van der Waals surface area contributed by atoms with E-state index < -0.39 is 0 Å². The number of nitrogens with one attached hydrogen (secondary N) is 2. The number of H-pyrrole nitrogens is 2. The summed E-state index contributed by atoms with van der Waals surface area (Å²) < 4.78 is 7.32. The number of rotatable bonds is 2. The van der Waals surface area contributed by atoms with Gasteiger partial charge in [0, 0.05) is 5.56 Å². The molecule has 0 fully saturated rings. The van der Waals surface area contributed by atoms with E-state index in [-0.39, 0.29) is 11.7 Å². The van der Waals surface area contributed by atoms with E-state index in [0.29, 0.717) is 4.77 Å². The molecule has 1 unspecified atom stereocenters. The standard InChI is InChI=1S/C10H13N3O2S/c1-5-4-8(7(3)15-5)6(2)13-9(14)11-12-10(13)16/h4,6H,1-3H3,(H,11,14)(H,12,16). The van der Waals surface area contributed by atoms with E-state index in [1.165, 1.54) is 4.57 Å². The molecular weight excluding hydrogens is 226 g/mol. The van der Waals surface area contributed by atoms with Gasteiger partial charge in [0.1, 0.15) is 11.5 Å². The van der Waals surface area contributed by atoms with Gasteiger partial charge in [0.2, 0.25) is 0 Å². The third-order valence-corrected chi connectivity index (χ3v) is 2.93. The van der Waals surface area contributed by atoms with E-state index in [9.17, 15) is 4.79 Å². The maximum absolute atomic E-state index is 11.6. The third kappa shape index (κ3) is 1.65. The average Bonchev–Trinajstić information content (AvgIpc) is 2.70. The summed E-state index contributed by atoms with van der Waals surface area (Å²) in [5, 5.41) is 5.08. The van der Waals surface area contributed by atoms with E-state index in [4.69, 9.17) is 16.6 Å². The van der Waals surface area contributed by atoms with Crippen LogP contribution in [-0.2, 0) is 0 Å². The monoisotopic (exact) mass is 239 g/mol. The van der Waals surface area contributed by atoms with Gasteiger partial charge in [-0.1, -0.05) is 0 Å². The van der Waals surface area contributed by atoms with Crippen molar-refractivity contribution < 1.29 is 4.42 Å². The smallest absolute Gasteiger partial charge is 0.342 e. The Hall–Kier alpha value is -1.56. The first-order valence-electron chi connectivity index (χ1n) is 4.97. The molecule has 0 aliphatic heterocycles. The highest BCUT2D eigenvalue weighted by atomic mass is 32.1. The largest absolute Gasteiger partial charge is 0.466 e. The van der Waals surface area contributed by atoms with E-state index in [2.05, 4.69) is 10.2 Å². The zero-order chi connectivity index (χ0) is 11.9. The minimum absolute atomic E-state index is 0.139. The number of aromatic amines is 2. The summed E-state index contributed by atoms with van der Waals surface area (Å²) in [7, 11) is 0. The van der Waals surface area contributed by atoms with Crippen LogP contribution < -0.4 is 5.69 Å². The molecule has 5 nitrogen and oxygen atoms in total. The number of hydrogen-bond acceptors (Lipinski definition) is 3. The van der Waals surface area contributed by atoms with Gasteiger partial charge in [0.05, 0.1) is 6.04 Å². The van der Waals surface area contributed by atoms with Crippen LogP contribution in [0.3, 0.4) is 0 Å². The minimum Gasteiger partial charge on any atom is -0.466 e. The lowest BCUT2D eigenvalue weighted by molar-refractivity contribution is 0.492. The molecule has 0 aliphatic rings. The molecule has 0 spiro atoms. The van der Waals surface area contributed by atoms with E-state index in [1.807, 2.05) is 26.8 Å². The summed E-state index contributed by atoms with van der Waals surface area (Å²) in [6.45, 7) is 5.67. The summed E-state index contributed by atoms with van der Waals surface area (Å²) in [6.07, 6.45) is 0. The highest BCUT2D eigenvalue weighted by Gasteiger charge is 2.17. The number of furan rings is 1. The van der Waals surface area contributed by atoms with E-state index in [1.54, 1.807) is 0 Å². The summed E-state index contributed by atoms with van der Waals surface area (Å²) in [5.74, 6) is 1.64. The fourth-order valence-electron chi connectivity index (χ4n) is 1.88. The van der Waals surface area contributed by atoms with Crippen LogP contribution in [0.25, 0.3) is 0 Å². The topological polar surface area (TPSA) is 66.7 Å². The molecule has 2 rings (SSSR count). The van der Waals surface area contributed by atoms with Gasteiger partial charge in [0.25, 0.3) is 0 Å². The van der Waals surface area contributed by atoms with Crippen LogP contribution in [0.5, 0.6) is 0 Å². The lowest BCUT2D eigenvalue weighted by Gasteiger charge is -2.09. The van der Waals surface area contributed by atoms with Crippen molar-refractivity contribution in [1.29, 1.82) is 0 Å². The molecule has 0 aliphatic carbocycles. The Bertz CT molecular complexity index is 589. The lowest BCUT2D eigenvalue weighted by atomic mass is 10.1. The number of nitrogens with zero attached hydrogens (tertiary/aromatic N) is 1. The molecule has 2 aromatic heterocycles. The Balaban J connectivity index is 2.55. The minimum atomic E-state index is -0.240. The zero-order valence-electron chi connectivity index (χ0n) is 9.33. The van der Waals surface area contributed by atoms with Crippen molar-refractivity contribution in [2.75, 3.05) is 0 Å². The Kier molecular flexibility index (Phi) is 2.59. The predicted molar refractivity (Wildman–Crippen MR) is 62.2 cm³/mol. The number of aromatic nitrogens is 3. The second-order valence-corrected chi connectivity index (χ2v) is 4.16. The van der Waals surface area contributed by atoms with Crippen LogP contribution in [0.2, 0.25) is 0 Å². The Labute approximate surface area is 97.1 Å². The molecule has 1 atom stereocenters. The fourth-order valence-corrected chi connectivity index (χ4v) is 2.17. The number of aryl methyl sites for hydroxylation is 2. The molecule has 0 aromatic carbocycles. The normalized spacial score (nSPS) is 12.9. The molecule has 6 heteroatoms. The molecule has 0 amide bonds. The van der Waals surface area contributed by atoms with Crippen molar-refractivity contribution in [2.24, 2.45) is 0 Å². The van der Waals surface area contributed by atoms with Crippen LogP contribution >= 0.6 is 12.2 Å². The Morgan fingerprint density at radius 2 is 2.12 bits per heavy atom. The Morgan fingerprint density at radius 3 is 2.56 bits per heavy atom. The first-order chi connectivity index (χ1) is 7.50. The van der Waals surface area contributed by atoms with Crippen molar-refractivity contribution >= 4 is 12.2 Å². The molecule has 2 heterocycles. The van der Waals surface area contributed by atoms with Gasteiger partial charge in [-0.25, -0.2) is 9.89 Å². The molecule has 0 radical (unpaired) electrons. The van der Waals surface area contributed by atoms with Gasteiger partial charge in [-0.05, 0) is 39.1 Å². The van der Waals surface area contributed by atoms with Crippen LogP contribution in [0.4, 0.5) is 0 Å². The maximum atomic E-state index is 11.6. The quantitative estimate of drug-likeness (QED) is 0.788. The van der Waals surface area contributed by atoms with Crippen LogP contribution in [0, 0.1) is 18.6 Å². The third-order valence-electron chi connectivity index (χ3n) is 2.63. The summed E-state index contributed by atoms with van der Waals surface area (Å²) in [4.78, 5) is 11.6. The molecule has 0 bridgehead atoms. The van der Waals surface area contributed by atoms with Gasteiger partial charge in [0.15, 0.2) is 4.77 Å². The van der Waals surface area contributed by atoms with E-state index in [0.717, 1.165) is 17.1 Å². The van der Waals surface area contributed by atoms with Gasteiger partial charge < -0.3 is 4.42 Å². The van der Waals surface area contributed by atoms with Crippen molar-refractivity contribution in [3.8, 4) is 0 Å². The number of hydrogen-bond donors (Lipinski definition) is 2. The fraction of sp³-hybridized carbons (Fsp3) is 0.400. The van der Waals surface area contributed by atoms with Crippen molar-refractivity contribution in [3.63, 3.8) is 0 Å². The van der Waals surface area contributed by atoms with Crippen molar-refractivity contribution in [1.82, 2.24) is 14.8 Å². The maximum Gasteiger partial charge on any atom is 0.342 e. The molecule has 0 saturated heterocycles. The predicted octanol–water partition coefficient (Wildman–Crippen LogP) is 2.05. The Morgan fingerprint density at radius 1 is 1.44 bits per heavy atom. The van der Waals surface area contributed by atoms with Crippen LogP contribution in [-0.4, -0.2) is 14.8 Å². The van der Waals surface area contributed by atoms with Crippen LogP contribution in [0.1, 0.15) is 30.0 Å². The summed E-state index contributed by atoms with van der Waals surface area (Å²) in [5.41, 5.74) is 0.731. The van der Waals surface area contributed by atoms with Gasteiger partial charge in [-0.3, -0.25) is 9.67 Å². The summed E-state index contributed by atoms with van der Waals surface area (Å²) in [6, 6.07) is 1.79. The van der Waals surface area contributed by atoms with Crippen molar-refractivity contribution in [3.05, 3.63) is 38.4 Å². The molecule has 2 N–H and O–H groups in total. The first-order valence-corrected chi connectivity index (χ1v) is 5.37. The summed E-state index contributed by atoms with van der Waals surface area (Å²) >= 11 is 5.04. The van der Waals surface area contributed by atoms with Gasteiger partial charge in [-0.2, -0.15) is 0 Å². The SMILES string of the molecule is Cc1cc(C(C)n2c(=O)[nH][nH]c2=S)c(C)o1. The first kappa shape index (κ1) is 10.9. The molecule has 2 aromatic rings. The van der Waals surface area contributed by atoms with Crippen LogP contribution in [0.15, 0.2) is 15.3 Å². The lowest BCUT2D eigenvalue weighted by Crippen LogP contribution is -2.21. The molecular formula is C10H13N3O2S. The highest BCUT2D eigenvalue weighted by molar-refractivity contribution is 7.71. The molecule has 0 saturated carbocycles. The van der Waals surface area contributed by atoms with Gasteiger partial charge in [-0.15, -0.1) is 0 Å². The average molecular weight is 239 g/mol. The second kappa shape index (κ2) is 3.79. The highest BCUT2D eigenvalue weighted by Crippen LogP contribution is 2.23. The van der Waals surface area contributed by atoms with Gasteiger partial charge >= 0.3 is 5.69 Å². The van der Waals surface area contributed by atoms with E-state index >= 15 is 0 Å². The second-order valence-electron chi connectivity index (χ2n) is 3.77. The molecule has 16 heavy (non-hydrogen) atoms. The zero-order valence-corrected chi connectivity index (χ0v) is 10.1.